The molecule has 150 valence electrons. The maximum absolute atomic E-state index is 12.5. The van der Waals surface area contributed by atoms with Crippen LogP contribution in [0.4, 0.5) is 5.82 Å². The van der Waals surface area contributed by atoms with E-state index in [2.05, 4.69) is 21.5 Å². The van der Waals surface area contributed by atoms with E-state index in [9.17, 15) is 4.79 Å². The summed E-state index contributed by atoms with van der Waals surface area (Å²) in [5, 5.41) is 6.81. The van der Waals surface area contributed by atoms with Crippen molar-refractivity contribution < 1.29 is 14.1 Å². The van der Waals surface area contributed by atoms with Crippen LogP contribution in [0.2, 0.25) is 0 Å². The van der Waals surface area contributed by atoms with Crippen molar-refractivity contribution in [2.24, 2.45) is 0 Å². The minimum Gasteiger partial charge on any atom is -0.360 e. The molecule has 7 heteroatoms. The molecule has 0 saturated carbocycles. The van der Waals surface area contributed by atoms with Crippen molar-refractivity contribution in [3.63, 3.8) is 0 Å². The summed E-state index contributed by atoms with van der Waals surface area (Å²) in [4.78, 5) is 19.0. The number of benzene rings is 1. The van der Waals surface area contributed by atoms with Gasteiger partial charge in [0.2, 0.25) is 0 Å². The standard InChI is InChI=1S/C22H24N4O3/c1-15-11-17-9-6-10-23-21(17)26(2)20(28-15)14-24-22(27)19-13-18(29-25-19)12-16-7-4-3-5-8-16/h3-10,13,15,20H,11-12,14H2,1-2H3,(H,24,27). The average molecular weight is 392 g/mol. The highest BCUT2D eigenvalue weighted by Crippen LogP contribution is 2.25. The number of fused-ring (bicyclic) bond motifs is 1. The Hall–Kier alpha value is -3.19. The zero-order valence-electron chi connectivity index (χ0n) is 16.5. The van der Waals surface area contributed by atoms with Gasteiger partial charge in [0.25, 0.3) is 5.91 Å². The van der Waals surface area contributed by atoms with E-state index in [1.165, 1.54) is 0 Å². The molecule has 1 aliphatic rings. The maximum atomic E-state index is 12.5. The molecule has 1 aliphatic heterocycles. The second-order valence-electron chi connectivity index (χ2n) is 7.25. The fourth-order valence-electron chi connectivity index (χ4n) is 3.52. The minimum absolute atomic E-state index is 0.0225. The van der Waals surface area contributed by atoms with E-state index in [1.807, 2.05) is 55.3 Å². The van der Waals surface area contributed by atoms with Gasteiger partial charge < -0.3 is 19.5 Å². The lowest BCUT2D eigenvalue weighted by Gasteiger charge is -2.28. The van der Waals surface area contributed by atoms with Crippen molar-refractivity contribution in [3.05, 3.63) is 77.3 Å². The number of hydrogen-bond acceptors (Lipinski definition) is 6. The third kappa shape index (κ3) is 4.46. The van der Waals surface area contributed by atoms with Crippen LogP contribution in [0, 0.1) is 0 Å². The van der Waals surface area contributed by atoms with E-state index < -0.39 is 0 Å². The van der Waals surface area contributed by atoms with Crippen LogP contribution in [0.1, 0.15) is 34.3 Å². The summed E-state index contributed by atoms with van der Waals surface area (Å²) >= 11 is 0. The molecule has 0 saturated heterocycles. The number of nitrogens with zero attached hydrogens (tertiary/aromatic N) is 3. The number of amides is 1. The van der Waals surface area contributed by atoms with Gasteiger partial charge in [-0.05, 0) is 24.1 Å². The molecule has 0 radical (unpaired) electrons. The van der Waals surface area contributed by atoms with Crippen LogP contribution in [0.15, 0.2) is 59.3 Å². The van der Waals surface area contributed by atoms with Crippen LogP contribution in [0.3, 0.4) is 0 Å². The Morgan fingerprint density at radius 2 is 2.07 bits per heavy atom. The van der Waals surface area contributed by atoms with Crippen LogP contribution in [0.25, 0.3) is 0 Å². The number of nitrogens with one attached hydrogen (secondary N) is 1. The highest BCUT2D eigenvalue weighted by atomic mass is 16.5. The van der Waals surface area contributed by atoms with Crippen molar-refractivity contribution in [1.82, 2.24) is 15.5 Å². The average Bonchev–Trinajstić information content (AvgIpc) is 3.15. The summed E-state index contributed by atoms with van der Waals surface area (Å²) in [6.07, 6.45) is 2.85. The molecule has 7 nitrogen and oxygen atoms in total. The normalized spacial score (nSPS) is 18.8. The molecule has 3 heterocycles. The molecule has 1 amide bonds. The highest BCUT2D eigenvalue weighted by molar-refractivity contribution is 5.92. The Morgan fingerprint density at radius 3 is 2.90 bits per heavy atom. The van der Waals surface area contributed by atoms with Gasteiger partial charge >= 0.3 is 0 Å². The quantitative estimate of drug-likeness (QED) is 0.719. The van der Waals surface area contributed by atoms with Crippen LogP contribution in [-0.2, 0) is 17.6 Å². The molecule has 1 N–H and O–H groups in total. The van der Waals surface area contributed by atoms with Crippen molar-refractivity contribution in [2.45, 2.75) is 32.1 Å². The molecular weight excluding hydrogens is 368 g/mol. The number of anilines is 1. The van der Waals surface area contributed by atoms with Crippen LogP contribution in [0.5, 0.6) is 0 Å². The lowest BCUT2D eigenvalue weighted by atomic mass is 10.1. The molecule has 0 bridgehead atoms. The Morgan fingerprint density at radius 1 is 1.24 bits per heavy atom. The topological polar surface area (TPSA) is 80.5 Å². The lowest BCUT2D eigenvalue weighted by Crippen LogP contribution is -2.44. The Bertz CT molecular complexity index is 973. The summed E-state index contributed by atoms with van der Waals surface area (Å²) in [6.45, 7) is 2.34. The van der Waals surface area contributed by atoms with Gasteiger partial charge in [-0.25, -0.2) is 4.98 Å². The largest absolute Gasteiger partial charge is 0.360 e. The van der Waals surface area contributed by atoms with Gasteiger partial charge in [-0.1, -0.05) is 41.6 Å². The molecule has 0 aliphatic carbocycles. The lowest BCUT2D eigenvalue weighted by molar-refractivity contribution is 0.00465. The number of hydrogen-bond donors (Lipinski definition) is 1. The monoisotopic (exact) mass is 392 g/mol. The first-order valence-electron chi connectivity index (χ1n) is 9.70. The van der Waals surface area contributed by atoms with Crippen LogP contribution < -0.4 is 10.2 Å². The number of carbonyl (C=O) groups excluding carboxylic acids is 1. The van der Waals surface area contributed by atoms with E-state index in [4.69, 9.17) is 9.26 Å². The zero-order valence-corrected chi connectivity index (χ0v) is 16.5. The summed E-state index contributed by atoms with van der Waals surface area (Å²) < 4.78 is 11.4. The molecule has 1 aromatic carbocycles. The molecule has 2 aromatic heterocycles. The number of rotatable bonds is 5. The van der Waals surface area contributed by atoms with Gasteiger partial charge in [0.1, 0.15) is 17.8 Å². The Kier molecular flexibility index (Phi) is 5.57. The minimum atomic E-state index is -0.319. The first-order chi connectivity index (χ1) is 14.1. The number of carbonyl (C=O) groups is 1. The fraction of sp³-hybridized carbons (Fsp3) is 0.318. The fourth-order valence-corrected chi connectivity index (χ4v) is 3.52. The van der Waals surface area contributed by atoms with Gasteiger partial charge in [-0.2, -0.15) is 0 Å². The predicted octanol–water partition coefficient (Wildman–Crippen LogP) is 2.81. The highest BCUT2D eigenvalue weighted by Gasteiger charge is 2.27. The van der Waals surface area contributed by atoms with Gasteiger partial charge in [-0.15, -0.1) is 0 Å². The smallest absolute Gasteiger partial charge is 0.273 e. The summed E-state index contributed by atoms with van der Waals surface area (Å²) in [5.74, 6) is 1.24. The van der Waals surface area contributed by atoms with Crippen molar-refractivity contribution >= 4 is 11.7 Å². The van der Waals surface area contributed by atoms with Gasteiger partial charge in [0.05, 0.1) is 12.6 Å². The van der Waals surface area contributed by atoms with E-state index in [0.29, 0.717) is 18.7 Å². The Labute approximate surface area is 169 Å². The molecule has 29 heavy (non-hydrogen) atoms. The Balaban J connectivity index is 1.39. The predicted molar refractivity (Wildman–Crippen MR) is 109 cm³/mol. The molecule has 0 spiro atoms. The number of pyridine rings is 1. The first kappa shape index (κ1) is 19.1. The van der Waals surface area contributed by atoms with Crippen molar-refractivity contribution in [2.75, 3.05) is 18.5 Å². The van der Waals surface area contributed by atoms with Gasteiger partial charge in [0, 0.05) is 32.2 Å². The van der Waals surface area contributed by atoms with Crippen LogP contribution >= 0.6 is 0 Å². The van der Waals surface area contributed by atoms with E-state index in [0.717, 1.165) is 23.4 Å². The summed E-state index contributed by atoms with van der Waals surface area (Å²) in [5.41, 5.74) is 2.50. The number of likely N-dealkylation sites (N-methyl/N-ethyl adjacent to an activating group) is 1. The molecule has 3 aromatic rings. The maximum Gasteiger partial charge on any atom is 0.273 e. The summed E-state index contributed by atoms with van der Waals surface area (Å²) in [6, 6.07) is 15.6. The second-order valence-corrected chi connectivity index (χ2v) is 7.25. The first-order valence-corrected chi connectivity index (χ1v) is 9.70. The van der Waals surface area contributed by atoms with Crippen molar-refractivity contribution in [1.29, 1.82) is 0 Å². The molecule has 2 atom stereocenters. The third-order valence-corrected chi connectivity index (χ3v) is 4.98. The van der Waals surface area contributed by atoms with E-state index in [-0.39, 0.29) is 23.9 Å². The van der Waals surface area contributed by atoms with Gasteiger partial charge in [-0.3, -0.25) is 4.79 Å². The van der Waals surface area contributed by atoms with E-state index >= 15 is 0 Å². The molecule has 4 rings (SSSR count). The SMILES string of the molecule is CC1Cc2cccnc2N(C)C(CNC(=O)c2cc(Cc3ccccc3)on2)O1. The van der Waals surface area contributed by atoms with Gasteiger partial charge in [0.15, 0.2) is 5.69 Å². The summed E-state index contributed by atoms with van der Waals surface area (Å²) in [7, 11) is 1.93. The number of ether oxygens (including phenoxy) is 1. The third-order valence-electron chi connectivity index (χ3n) is 4.98. The zero-order chi connectivity index (χ0) is 20.2. The molecule has 0 fully saturated rings. The second kappa shape index (κ2) is 8.45. The van der Waals surface area contributed by atoms with Crippen molar-refractivity contribution in [3.8, 4) is 0 Å². The molecular formula is C22H24N4O3. The van der Waals surface area contributed by atoms with Crippen LogP contribution in [-0.4, -0.2) is 42.0 Å². The molecule has 2 unspecified atom stereocenters. The van der Waals surface area contributed by atoms with E-state index in [1.54, 1.807) is 12.3 Å². The number of aromatic nitrogens is 2.